The molecular weight excluding hydrogens is 376 g/mol. The van der Waals surface area contributed by atoms with Crippen LogP contribution in [0.15, 0.2) is 35.6 Å². The summed E-state index contributed by atoms with van der Waals surface area (Å²) in [4.78, 5) is 13.8. The average Bonchev–Trinajstić information content (AvgIpc) is 2.78. The first-order chi connectivity index (χ1) is 14.6. The molecule has 1 saturated carbocycles. The lowest BCUT2D eigenvalue weighted by atomic mass is 9.95. The van der Waals surface area contributed by atoms with Gasteiger partial charge in [-0.15, -0.1) is 0 Å². The third-order valence-corrected chi connectivity index (χ3v) is 6.08. The number of anilines is 5. The summed E-state index contributed by atoms with van der Waals surface area (Å²) < 4.78 is 0. The third-order valence-electron chi connectivity index (χ3n) is 6.08. The number of nitrogens with two attached hydrogens (primary N) is 1. The third kappa shape index (κ3) is 4.64. The van der Waals surface area contributed by atoms with Crippen LogP contribution in [-0.4, -0.2) is 60.9 Å². The maximum atomic E-state index is 6.19. The van der Waals surface area contributed by atoms with Gasteiger partial charge in [0.15, 0.2) is 5.82 Å². The lowest BCUT2D eigenvalue weighted by molar-refractivity contribution is 0.313. The molecule has 0 amide bonds. The van der Waals surface area contributed by atoms with Crippen molar-refractivity contribution in [2.75, 3.05) is 54.2 Å². The molecule has 8 nitrogen and oxygen atoms in total. The number of nitrogens with one attached hydrogen (secondary N) is 1. The molecule has 0 atom stereocenters. The van der Waals surface area contributed by atoms with E-state index in [1.807, 2.05) is 5.01 Å². The van der Waals surface area contributed by atoms with Crippen molar-refractivity contribution in [1.29, 1.82) is 0 Å². The number of hydrogen-bond acceptors (Lipinski definition) is 8. The fourth-order valence-electron chi connectivity index (χ4n) is 4.26. The van der Waals surface area contributed by atoms with E-state index < -0.39 is 0 Å². The molecule has 160 valence electrons. The minimum Gasteiger partial charge on any atom is -0.394 e. The first-order valence-corrected chi connectivity index (χ1v) is 10.8. The van der Waals surface area contributed by atoms with Crippen molar-refractivity contribution in [3.63, 3.8) is 0 Å². The van der Waals surface area contributed by atoms with Gasteiger partial charge in [0.1, 0.15) is 0 Å². The van der Waals surface area contributed by atoms with Gasteiger partial charge in [-0.3, -0.25) is 0 Å². The highest BCUT2D eigenvalue weighted by Crippen LogP contribution is 2.30. The van der Waals surface area contributed by atoms with Crippen LogP contribution in [0.25, 0.3) is 0 Å². The van der Waals surface area contributed by atoms with Crippen LogP contribution in [0, 0.1) is 0 Å². The van der Waals surface area contributed by atoms with Crippen molar-refractivity contribution in [3.05, 3.63) is 30.5 Å². The lowest BCUT2D eigenvalue weighted by Gasteiger charge is -2.34. The first-order valence-electron chi connectivity index (χ1n) is 10.8. The Balaban J connectivity index is 1.47. The Labute approximate surface area is 178 Å². The smallest absolute Gasteiger partial charge is 0.229 e. The van der Waals surface area contributed by atoms with E-state index in [-0.39, 0.29) is 0 Å². The zero-order valence-electron chi connectivity index (χ0n) is 17.8. The molecule has 2 heterocycles. The fourth-order valence-corrected chi connectivity index (χ4v) is 4.26. The van der Waals surface area contributed by atoms with Gasteiger partial charge in [-0.25, -0.2) is 9.99 Å². The van der Waals surface area contributed by atoms with E-state index in [0.717, 1.165) is 44.7 Å². The molecular formula is C22H32N8. The molecule has 4 rings (SSSR count). The molecule has 1 saturated heterocycles. The standard InChI is InChI=1S/C22H32N8/c1-24-30(19-6-4-3-5-7-19)21-20(23)16-25-22(27-21)26-17-8-10-18(11-9-17)29-14-12-28(2)13-15-29/h8-11,16,19H,1,3-7,12-15,23H2,2H3,(H,25,26,27). The van der Waals surface area contributed by atoms with Gasteiger partial charge in [-0.2, -0.15) is 10.1 Å². The average molecular weight is 409 g/mol. The van der Waals surface area contributed by atoms with Crippen molar-refractivity contribution < 1.29 is 0 Å². The largest absolute Gasteiger partial charge is 0.394 e. The van der Waals surface area contributed by atoms with E-state index in [2.05, 4.69) is 68.2 Å². The summed E-state index contributed by atoms with van der Waals surface area (Å²) in [6, 6.07) is 8.72. The van der Waals surface area contributed by atoms with Crippen molar-refractivity contribution in [2.45, 2.75) is 38.1 Å². The minimum absolute atomic E-state index is 0.296. The molecule has 3 N–H and O–H groups in total. The molecule has 30 heavy (non-hydrogen) atoms. The van der Waals surface area contributed by atoms with Crippen molar-refractivity contribution >= 4 is 35.5 Å². The van der Waals surface area contributed by atoms with Crippen LogP contribution in [0.1, 0.15) is 32.1 Å². The van der Waals surface area contributed by atoms with E-state index in [1.54, 1.807) is 6.20 Å². The monoisotopic (exact) mass is 408 g/mol. The molecule has 1 aromatic carbocycles. The highest BCUT2D eigenvalue weighted by molar-refractivity contribution is 5.66. The van der Waals surface area contributed by atoms with Gasteiger partial charge in [-0.05, 0) is 44.2 Å². The van der Waals surface area contributed by atoms with Crippen LogP contribution >= 0.6 is 0 Å². The quantitative estimate of drug-likeness (QED) is 0.560. The number of benzene rings is 1. The van der Waals surface area contributed by atoms with E-state index in [0.29, 0.717) is 23.5 Å². The van der Waals surface area contributed by atoms with Gasteiger partial charge in [0.25, 0.3) is 0 Å². The van der Waals surface area contributed by atoms with Crippen LogP contribution < -0.4 is 21.0 Å². The Kier molecular flexibility index (Phi) is 6.32. The second-order valence-electron chi connectivity index (χ2n) is 8.21. The van der Waals surface area contributed by atoms with Gasteiger partial charge < -0.3 is 20.9 Å². The Morgan fingerprint density at radius 2 is 1.80 bits per heavy atom. The minimum atomic E-state index is 0.296. The Hall–Kier alpha value is -2.87. The summed E-state index contributed by atoms with van der Waals surface area (Å²) in [6.45, 7) is 8.06. The van der Waals surface area contributed by atoms with E-state index in [1.165, 1.54) is 24.9 Å². The molecule has 1 aliphatic carbocycles. The molecule has 0 radical (unpaired) electrons. The van der Waals surface area contributed by atoms with Crippen LogP contribution in [0.5, 0.6) is 0 Å². The van der Waals surface area contributed by atoms with Crippen molar-refractivity contribution in [2.24, 2.45) is 5.10 Å². The fraction of sp³-hybridized carbons (Fsp3) is 0.500. The number of piperazine rings is 1. The second kappa shape index (κ2) is 9.30. The number of nitrogen functional groups attached to an aromatic ring is 1. The normalized spacial score (nSPS) is 18.2. The molecule has 0 bridgehead atoms. The topological polar surface area (TPSA) is 85.9 Å². The SMILES string of the molecule is C=NN(c1nc(Nc2ccc(N3CCN(C)CC3)cc2)ncc1N)C1CCCCC1. The van der Waals surface area contributed by atoms with Gasteiger partial charge in [0.05, 0.1) is 17.9 Å². The summed E-state index contributed by atoms with van der Waals surface area (Å²) in [6.07, 6.45) is 7.48. The summed E-state index contributed by atoms with van der Waals surface area (Å²) in [7, 11) is 2.17. The highest BCUT2D eigenvalue weighted by Gasteiger charge is 2.24. The number of rotatable bonds is 6. The first kappa shape index (κ1) is 20.4. The molecule has 1 aromatic heterocycles. The summed E-state index contributed by atoms with van der Waals surface area (Å²) >= 11 is 0. The van der Waals surface area contributed by atoms with Crippen molar-refractivity contribution in [1.82, 2.24) is 14.9 Å². The van der Waals surface area contributed by atoms with Crippen LogP contribution in [0.3, 0.4) is 0 Å². The molecule has 1 aliphatic heterocycles. The molecule has 0 unspecified atom stereocenters. The molecule has 2 aliphatic rings. The van der Waals surface area contributed by atoms with E-state index >= 15 is 0 Å². The molecule has 8 heteroatoms. The number of hydrazone groups is 1. The zero-order valence-corrected chi connectivity index (χ0v) is 17.8. The zero-order chi connectivity index (χ0) is 20.9. The predicted molar refractivity (Wildman–Crippen MR) is 125 cm³/mol. The van der Waals surface area contributed by atoms with Gasteiger partial charge >= 0.3 is 0 Å². The van der Waals surface area contributed by atoms with Gasteiger partial charge in [-0.1, -0.05) is 19.3 Å². The summed E-state index contributed by atoms with van der Waals surface area (Å²) in [5.74, 6) is 1.14. The Morgan fingerprint density at radius 1 is 1.10 bits per heavy atom. The van der Waals surface area contributed by atoms with Gasteiger partial charge in [0.2, 0.25) is 5.95 Å². The maximum absolute atomic E-state index is 6.19. The number of likely N-dealkylation sites (N-methyl/N-ethyl adjacent to an activating group) is 1. The summed E-state index contributed by atoms with van der Waals surface area (Å²) in [5.41, 5.74) is 8.89. The number of aromatic nitrogens is 2. The van der Waals surface area contributed by atoms with Crippen LogP contribution in [-0.2, 0) is 0 Å². The van der Waals surface area contributed by atoms with Crippen LogP contribution in [0.4, 0.5) is 28.8 Å². The highest BCUT2D eigenvalue weighted by atomic mass is 15.5. The van der Waals surface area contributed by atoms with Crippen LogP contribution in [0.2, 0.25) is 0 Å². The van der Waals surface area contributed by atoms with E-state index in [9.17, 15) is 0 Å². The predicted octanol–water partition coefficient (Wildman–Crippen LogP) is 3.31. The summed E-state index contributed by atoms with van der Waals surface area (Å²) in [5, 5.41) is 9.41. The molecule has 2 aromatic rings. The van der Waals surface area contributed by atoms with Crippen molar-refractivity contribution in [3.8, 4) is 0 Å². The van der Waals surface area contributed by atoms with E-state index in [4.69, 9.17) is 5.73 Å². The lowest BCUT2D eigenvalue weighted by Crippen LogP contribution is -2.44. The second-order valence-corrected chi connectivity index (χ2v) is 8.21. The number of hydrogen-bond donors (Lipinski definition) is 2. The number of nitrogens with zero attached hydrogens (tertiary/aromatic N) is 6. The maximum Gasteiger partial charge on any atom is 0.229 e. The Morgan fingerprint density at radius 3 is 2.47 bits per heavy atom. The Bertz CT molecular complexity index is 839. The van der Waals surface area contributed by atoms with Gasteiger partial charge in [0, 0.05) is 44.3 Å². The molecule has 0 spiro atoms. The molecule has 2 fully saturated rings.